The van der Waals surface area contributed by atoms with Crippen LogP contribution in [0.25, 0.3) is 6.08 Å². The van der Waals surface area contributed by atoms with Crippen molar-refractivity contribution in [2.75, 3.05) is 20.2 Å². The second kappa shape index (κ2) is 9.22. The number of carbonyl (C=O) groups excluding carboxylic acids is 3. The average molecular weight is 409 g/mol. The van der Waals surface area contributed by atoms with E-state index in [1.807, 2.05) is 6.92 Å². The van der Waals surface area contributed by atoms with Crippen molar-refractivity contribution in [2.45, 2.75) is 19.8 Å². The first-order valence-corrected chi connectivity index (χ1v) is 9.17. The molecule has 28 heavy (non-hydrogen) atoms. The van der Waals surface area contributed by atoms with E-state index >= 15 is 0 Å². The molecule has 0 unspecified atom stereocenters. The van der Waals surface area contributed by atoms with Crippen LogP contribution in [-0.2, 0) is 9.59 Å². The molecule has 1 aromatic rings. The molecule has 0 aromatic heterocycles. The molecule has 1 saturated heterocycles. The van der Waals surface area contributed by atoms with Gasteiger partial charge in [-0.2, -0.15) is 0 Å². The highest BCUT2D eigenvalue weighted by atomic mass is 32.2. The molecular formula is C17H19N3O7S. The van der Waals surface area contributed by atoms with E-state index in [0.29, 0.717) is 18.3 Å². The number of phenols is 1. The fraction of sp³-hybridized carbons (Fsp3) is 0.353. The number of ether oxygens (including phenoxy) is 1. The van der Waals surface area contributed by atoms with E-state index in [1.54, 1.807) is 0 Å². The molecule has 10 nitrogen and oxygen atoms in total. The molecule has 1 aliphatic rings. The van der Waals surface area contributed by atoms with Crippen LogP contribution < -0.4 is 10.1 Å². The van der Waals surface area contributed by atoms with E-state index in [9.17, 15) is 29.6 Å². The first-order chi connectivity index (χ1) is 13.3. The minimum Gasteiger partial charge on any atom is -0.500 e. The van der Waals surface area contributed by atoms with Crippen molar-refractivity contribution in [3.8, 4) is 11.5 Å². The molecule has 0 aliphatic carbocycles. The summed E-state index contributed by atoms with van der Waals surface area (Å²) in [7, 11) is 1.23. The predicted molar refractivity (Wildman–Crippen MR) is 102 cm³/mol. The zero-order valence-electron chi connectivity index (χ0n) is 15.3. The number of rotatable bonds is 8. The smallest absolute Gasteiger partial charge is 0.315 e. The van der Waals surface area contributed by atoms with Crippen molar-refractivity contribution in [3.63, 3.8) is 0 Å². The van der Waals surface area contributed by atoms with Crippen LogP contribution in [0.2, 0.25) is 0 Å². The van der Waals surface area contributed by atoms with Gasteiger partial charge in [-0.3, -0.25) is 29.4 Å². The first kappa shape index (κ1) is 21.2. The molecule has 0 saturated carbocycles. The maximum atomic E-state index is 12.4. The first-order valence-electron chi connectivity index (χ1n) is 8.36. The number of hydrogen-bond donors (Lipinski definition) is 2. The van der Waals surface area contributed by atoms with Crippen LogP contribution in [0, 0.1) is 10.1 Å². The number of nitrogens with one attached hydrogen (secondary N) is 1. The van der Waals surface area contributed by atoms with Crippen LogP contribution in [0.15, 0.2) is 17.0 Å². The predicted octanol–water partition coefficient (Wildman–Crippen LogP) is 2.26. The van der Waals surface area contributed by atoms with Gasteiger partial charge in [0.25, 0.3) is 11.1 Å². The van der Waals surface area contributed by atoms with Gasteiger partial charge in [0.1, 0.15) is 6.54 Å². The van der Waals surface area contributed by atoms with Gasteiger partial charge in [-0.1, -0.05) is 13.3 Å². The van der Waals surface area contributed by atoms with E-state index in [-0.39, 0.29) is 16.2 Å². The summed E-state index contributed by atoms with van der Waals surface area (Å²) in [6, 6.07) is 2.36. The van der Waals surface area contributed by atoms with Gasteiger partial charge in [0.15, 0.2) is 5.75 Å². The molecule has 0 spiro atoms. The molecule has 2 N–H and O–H groups in total. The quantitative estimate of drug-likeness (QED) is 0.288. The number of hydrogen-bond acceptors (Lipinski definition) is 8. The maximum Gasteiger partial charge on any atom is 0.315 e. The fourth-order valence-electron chi connectivity index (χ4n) is 2.38. The van der Waals surface area contributed by atoms with E-state index in [2.05, 4.69) is 5.32 Å². The summed E-state index contributed by atoms with van der Waals surface area (Å²) in [6.07, 6.45) is 2.96. The number of carbonyl (C=O) groups is 3. The highest BCUT2D eigenvalue weighted by Crippen LogP contribution is 2.39. The fourth-order valence-corrected chi connectivity index (χ4v) is 3.22. The minimum atomic E-state index is -0.790. The third-order valence-electron chi connectivity index (χ3n) is 3.82. The van der Waals surface area contributed by atoms with Crippen molar-refractivity contribution in [1.29, 1.82) is 0 Å². The molecule has 0 atom stereocenters. The second-order valence-corrected chi connectivity index (χ2v) is 6.81. The summed E-state index contributed by atoms with van der Waals surface area (Å²) in [5, 5.41) is 22.9. The zero-order valence-corrected chi connectivity index (χ0v) is 16.1. The lowest BCUT2D eigenvalue weighted by molar-refractivity contribution is -0.386. The third-order valence-corrected chi connectivity index (χ3v) is 4.73. The van der Waals surface area contributed by atoms with Crippen LogP contribution in [-0.4, -0.2) is 52.2 Å². The number of thioether (sulfide) groups is 1. The zero-order chi connectivity index (χ0) is 20.8. The van der Waals surface area contributed by atoms with Crippen molar-refractivity contribution in [2.24, 2.45) is 0 Å². The number of nitrogens with zero attached hydrogens (tertiary/aromatic N) is 2. The highest BCUT2D eigenvalue weighted by molar-refractivity contribution is 8.18. The lowest BCUT2D eigenvalue weighted by Crippen LogP contribution is -2.39. The molecule has 3 amide bonds. The van der Waals surface area contributed by atoms with Gasteiger partial charge in [0, 0.05) is 12.6 Å². The summed E-state index contributed by atoms with van der Waals surface area (Å²) < 4.78 is 4.90. The Morgan fingerprint density at radius 3 is 2.75 bits per heavy atom. The number of methoxy groups -OCH3 is 1. The topological polar surface area (TPSA) is 139 Å². The van der Waals surface area contributed by atoms with Gasteiger partial charge in [0.05, 0.1) is 16.9 Å². The second-order valence-electron chi connectivity index (χ2n) is 5.82. The number of amides is 3. The van der Waals surface area contributed by atoms with Crippen LogP contribution >= 0.6 is 11.8 Å². The number of unbranched alkanes of at least 4 members (excludes halogenated alkanes) is 1. The van der Waals surface area contributed by atoms with Crippen LogP contribution in [0.3, 0.4) is 0 Å². The van der Waals surface area contributed by atoms with Gasteiger partial charge in [-0.15, -0.1) is 0 Å². The number of nitro groups is 1. The molecule has 1 fully saturated rings. The Morgan fingerprint density at radius 1 is 1.43 bits per heavy atom. The summed E-state index contributed by atoms with van der Waals surface area (Å²) in [5.41, 5.74) is -0.403. The summed E-state index contributed by atoms with van der Waals surface area (Å²) in [4.78, 5) is 47.5. The van der Waals surface area contributed by atoms with Crippen molar-refractivity contribution in [3.05, 3.63) is 32.7 Å². The lowest BCUT2D eigenvalue weighted by Gasteiger charge is -2.12. The van der Waals surface area contributed by atoms with Crippen LogP contribution in [0.5, 0.6) is 11.5 Å². The van der Waals surface area contributed by atoms with Crippen molar-refractivity contribution in [1.82, 2.24) is 10.2 Å². The number of aromatic hydroxyl groups is 1. The Hall–Kier alpha value is -3.08. The largest absolute Gasteiger partial charge is 0.500 e. The van der Waals surface area contributed by atoms with Gasteiger partial charge < -0.3 is 15.2 Å². The van der Waals surface area contributed by atoms with E-state index < -0.39 is 40.0 Å². The Balaban J connectivity index is 2.22. The van der Waals surface area contributed by atoms with E-state index in [4.69, 9.17) is 4.74 Å². The molecule has 0 radical (unpaired) electrons. The van der Waals surface area contributed by atoms with Gasteiger partial charge in [-0.05, 0) is 35.9 Å². The van der Waals surface area contributed by atoms with Crippen molar-refractivity contribution < 1.29 is 29.2 Å². The Labute approximate surface area is 164 Å². The Bertz CT molecular complexity index is 853. The minimum absolute atomic E-state index is 0.00778. The van der Waals surface area contributed by atoms with Crippen LogP contribution in [0.4, 0.5) is 10.5 Å². The third kappa shape index (κ3) is 4.80. The Kier molecular flexibility index (Phi) is 6.99. The molecule has 1 aliphatic heterocycles. The molecule has 150 valence electrons. The van der Waals surface area contributed by atoms with E-state index in [0.717, 1.165) is 23.8 Å². The summed E-state index contributed by atoms with van der Waals surface area (Å²) in [6.45, 7) is 2.03. The maximum absolute atomic E-state index is 12.4. The lowest BCUT2D eigenvalue weighted by atomic mass is 10.1. The standard InChI is InChI=1S/C17H19N3O7S/c1-3-4-5-18-14(21)9-19-16(23)13(28-17(19)24)8-10-6-11(20(25)26)15(22)12(7-10)27-2/h6-8,22H,3-5,9H2,1-2H3,(H,18,21)/b13-8-. The number of phenolic OH excluding ortho intramolecular Hbond substituents is 1. The number of benzene rings is 1. The van der Waals surface area contributed by atoms with Gasteiger partial charge in [-0.25, -0.2) is 0 Å². The van der Waals surface area contributed by atoms with Gasteiger partial charge >= 0.3 is 5.69 Å². The molecule has 1 heterocycles. The van der Waals surface area contributed by atoms with Crippen LogP contribution in [0.1, 0.15) is 25.3 Å². The Morgan fingerprint density at radius 2 is 2.14 bits per heavy atom. The highest BCUT2D eigenvalue weighted by Gasteiger charge is 2.36. The molecular weight excluding hydrogens is 390 g/mol. The number of imide groups is 1. The molecule has 1 aromatic carbocycles. The SMILES string of the molecule is CCCCNC(=O)CN1C(=O)S/C(=C\c2cc(OC)c(O)c([N+](=O)[O-])c2)C1=O. The molecule has 11 heteroatoms. The number of nitro benzene ring substituents is 1. The van der Waals surface area contributed by atoms with Gasteiger partial charge in [0.2, 0.25) is 11.7 Å². The van der Waals surface area contributed by atoms with E-state index in [1.165, 1.54) is 19.3 Å². The molecule has 2 rings (SSSR count). The normalized spacial score (nSPS) is 15.2. The van der Waals surface area contributed by atoms with Crippen molar-refractivity contribution >= 4 is 40.6 Å². The monoisotopic (exact) mass is 409 g/mol. The molecule has 0 bridgehead atoms. The summed E-state index contributed by atoms with van der Waals surface area (Å²) in [5.74, 6) is -1.90. The summed E-state index contributed by atoms with van der Waals surface area (Å²) >= 11 is 0.624. The average Bonchev–Trinajstić information content (AvgIpc) is 2.90.